The molecule has 0 saturated heterocycles. The third kappa shape index (κ3) is 2.59. The van der Waals surface area contributed by atoms with Crippen LogP contribution in [-0.2, 0) is 4.79 Å². The molecule has 1 aliphatic heterocycles. The van der Waals surface area contributed by atoms with Crippen LogP contribution in [0.15, 0.2) is 40.8 Å². The van der Waals surface area contributed by atoms with Crippen LogP contribution >= 0.6 is 22.9 Å². The number of carbonyl (C=O) groups excluding carboxylic acids is 1. The van der Waals surface area contributed by atoms with Crippen molar-refractivity contribution in [2.75, 3.05) is 0 Å². The number of benzene rings is 1. The van der Waals surface area contributed by atoms with Gasteiger partial charge in [0.15, 0.2) is 0 Å². The van der Waals surface area contributed by atoms with Gasteiger partial charge in [0.2, 0.25) is 5.91 Å². The summed E-state index contributed by atoms with van der Waals surface area (Å²) in [6.07, 6.45) is 0.459. The molecule has 0 fully saturated rings. The van der Waals surface area contributed by atoms with Gasteiger partial charge in [0.25, 0.3) is 0 Å². The maximum absolute atomic E-state index is 14.1. The van der Waals surface area contributed by atoms with E-state index < -0.39 is 11.9 Å². The van der Waals surface area contributed by atoms with E-state index in [0.717, 1.165) is 10.6 Å². The van der Waals surface area contributed by atoms with Crippen molar-refractivity contribution in [1.82, 2.24) is 5.01 Å². The van der Waals surface area contributed by atoms with Gasteiger partial charge in [0.1, 0.15) is 5.82 Å². The van der Waals surface area contributed by atoms with Crippen LogP contribution in [0, 0.1) is 5.82 Å². The molecular weight excluding hydrogens is 311 g/mol. The largest absolute Gasteiger partial charge is 0.273 e. The third-order valence-electron chi connectivity index (χ3n) is 3.37. The van der Waals surface area contributed by atoms with Crippen molar-refractivity contribution in [2.45, 2.75) is 19.4 Å². The van der Waals surface area contributed by atoms with Crippen LogP contribution < -0.4 is 0 Å². The van der Waals surface area contributed by atoms with Gasteiger partial charge >= 0.3 is 0 Å². The van der Waals surface area contributed by atoms with Gasteiger partial charge in [-0.3, -0.25) is 4.79 Å². The molecule has 0 N–H and O–H groups in total. The molecule has 0 aliphatic carbocycles. The molecule has 1 aliphatic rings. The van der Waals surface area contributed by atoms with Crippen LogP contribution in [0.2, 0.25) is 5.02 Å². The molecule has 0 bridgehead atoms. The Morgan fingerprint density at radius 1 is 1.43 bits per heavy atom. The number of hydrogen-bond donors (Lipinski definition) is 0. The first kappa shape index (κ1) is 14.2. The third-order valence-corrected chi connectivity index (χ3v) is 4.62. The lowest BCUT2D eigenvalue weighted by Crippen LogP contribution is -2.25. The van der Waals surface area contributed by atoms with E-state index in [9.17, 15) is 9.18 Å². The van der Waals surface area contributed by atoms with Gasteiger partial charge in [-0.2, -0.15) is 5.10 Å². The standard InChI is InChI=1S/C15H12ClFN2OS/c1-9(20)19-13(15-10(16)4-2-5-11(15)17)8-12(18-19)14-6-3-7-21-14/h2-7,13H,8H2,1H3. The number of nitrogens with zero attached hydrogens (tertiary/aromatic N) is 2. The first-order chi connectivity index (χ1) is 10.1. The van der Waals surface area contributed by atoms with Gasteiger partial charge < -0.3 is 0 Å². The van der Waals surface area contributed by atoms with Gasteiger partial charge in [-0.15, -0.1) is 11.3 Å². The van der Waals surface area contributed by atoms with E-state index >= 15 is 0 Å². The predicted octanol–water partition coefficient (Wildman–Crippen LogP) is 4.24. The Hall–Kier alpha value is -1.72. The fraction of sp³-hybridized carbons (Fsp3) is 0.200. The number of carbonyl (C=O) groups is 1. The van der Waals surface area contributed by atoms with Crippen molar-refractivity contribution in [3.63, 3.8) is 0 Å². The molecule has 0 saturated carbocycles. The maximum Gasteiger partial charge on any atom is 0.240 e. The minimum atomic E-state index is -0.492. The summed E-state index contributed by atoms with van der Waals surface area (Å²) in [5.74, 6) is -0.646. The molecule has 2 heterocycles. The number of hydrazone groups is 1. The number of amides is 1. The zero-order valence-electron chi connectivity index (χ0n) is 11.2. The molecule has 108 valence electrons. The average molecular weight is 323 g/mol. The Labute approximate surface area is 130 Å². The van der Waals surface area contributed by atoms with Crippen LogP contribution in [0.5, 0.6) is 0 Å². The first-order valence-corrected chi connectivity index (χ1v) is 7.68. The molecular formula is C15H12ClFN2OS. The molecule has 21 heavy (non-hydrogen) atoms. The normalized spacial score (nSPS) is 18.0. The lowest BCUT2D eigenvalue weighted by Gasteiger charge is -2.21. The van der Waals surface area contributed by atoms with Gasteiger partial charge in [-0.05, 0) is 23.6 Å². The van der Waals surface area contributed by atoms with Crippen LogP contribution in [-0.4, -0.2) is 16.6 Å². The second-order valence-electron chi connectivity index (χ2n) is 4.74. The van der Waals surface area contributed by atoms with Crippen molar-refractivity contribution in [3.05, 3.63) is 57.0 Å². The van der Waals surface area contributed by atoms with Crippen LogP contribution in [0.1, 0.15) is 29.8 Å². The molecule has 6 heteroatoms. The lowest BCUT2D eigenvalue weighted by molar-refractivity contribution is -0.130. The monoisotopic (exact) mass is 322 g/mol. The number of hydrogen-bond acceptors (Lipinski definition) is 3. The van der Waals surface area contributed by atoms with Crippen LogP contribution in [0.3, 0.4) is 0 Å². The minimum Gasteiger partial charge on any atom is -0.273 e. The van der Waals surface area contributed by atoms with E-state index in [1.165, 1.54) is 18.0 Å². The minimum absolute atomic E-state index is 0.231. The summed E-state index contributed by atoms with van der Waals surface area (Å²) in [5, 5.41) is 7.93. The summed E-state index contributed by atoms with van der Waals surface area (Å²) >= 11 is 7.67. The summed E-state index contributed by atoms with van der Waals surface area (Å²) in [4.78, 5) is 12.8. The lowest BCUT2D eigenvalue weighted by atomic mass is 10.0. The highest BCUT2D eigenvalue weighted by atomic mass is 35.5. The van der Waals surface area contributed by atoms with E-state index in [1.54, 1.807) is 23.5 Å². The highest BCUT2D eigenvalue weighted by Gasteiger charge is 2.34. The summed E-state index contributed by atoms with van der Waals surface area (Å²) in [5.41, 5.74) is 1.11. The molecule has 3 rings (SSSR count). The highest BCUT2D eigenvalue weighted by molar-refractivity contribution is 7.12. The Bertz CT molecular complexity index is 694. The summed E-state index contributed by atoms with van der Waals surface area (Å²) < 4.78 is 14.1. The average Bonchev–Trinajstić information content (AvgIpc) is 3.07. The number of rotatable bonds is 2. The topological polar surface area (TPSA) is 32.7 Å². The fourth-order valence-electron chi connectivity index (χ4n) is 2.45. The van der Waals surface area contributed by atoms with E-state index in [4.69, 9.17) is 11.6 Å². The van der Waals surface area contributed by atoms with E-state index in [2.05, 4.69) is 5.10 Å². The Morgan fingerprint density at radius 2 is 2.24 bits per heavy atom. The fourth-order valence-corrected chi connectivity index (χ4v) is 3.46. The molecule has 0 radical (unpaired) electrons. The van der Waals surface area contributed by atoms with E-state index in [-0.39, 0.29) is 5.91 Å². The van der Waals surface area contributed by atoms with Gasteiger partial charge in [-0.25, -0.2) is 9.40 Å². The Balaban J connectivity index is 2.02. The summed E-state index contributed by atoms with van der Waals surface area (Å²) in [6.45, 7) is 1.42. The molecule has 0 spiro atoms. The molecule has 1 aromatic carbocycles. The van der Waals surface area contributed by atoms with E-state index in [0.29, 0.717) is 17.0 Å². The zero-order chi connectivity index (χ0) is 15.0. The molecule has 1 amide bonds. The van der Waals surface area contributed by atoms with Gasteiger partial charge in [0, 0.05) is 23.9 Å². The van der Waals surface area contributed by atoms with Crippen molar-refractivity contribution in [2.24, 2.45) is 5.10 Å². The van der Waals surface area contributed by atoms with Gasteiger partial charge in [-0.1, -0.05) is 23.7 Å². The second kappa shape index (κ2) is 5.58. The smallest absolute Gasteiger partial charge is 0.240 e. The number of thiophene rings is 1. The zero-order valence-corrected chi connectivity index (χ0v) is 12.8. The predicted molar refractivity (Wildman–Crippen MR) is 82.1 cm³/mol. The SMILES string of the molecule is CC(=O)N1N=C(c2cccs2)CC1c1c(F)cccc1Cl. The quantitative estimate of drug-likeness (QED) is 0.814. The van der Waals surface area contributed by atoms with Crippen molar-refractivity contribution >= 4 is 34.6 Å². The van der Waals surface area contributed by atoms with Crippen molar-refractivity contribution in [1.29, 1.82) is 0 Å². The maximum atomic E-state index is 14.1. The highest BCUT2D eigenvalue weighted by Crippen LogP contribution is 2.38. The first-order valence-electron chi connectivity index (χ1n) is 6.43. The van der Waals surface area contributed by atoms with Crippen molar-refractivity contribution in [3.8, 4) is 0 Å². The van der Waals surface area contributed by atoms with E-state index in [1.807, 2.05) is 17.5 Å². The molecule has 3 nitrogen and oxygen atoms in total. The summed E-state index contributed by atoms with van der Waals surface area (Å²) in [6, 6.07) is 7.89. The van der Waals surface area contributed by atoms with Crippen LogP contribution in [0.25, 0.3) is 0 Å². The second-order valence-corrected chi connectivity index (χ2v) is 6.10. The van der Waals surface area contributed by atoms with Crippen molar-refractivity contribution < 1.29 is 9.18 Å². The van der Waals surface area contributed by atoms with Gasteiger partial charge in [0.05, 0.1) is 16.6 Å². The summed E-state index contributed by atoms with van der Waals surface area (Å²) in [7, 11) is 0. The van der Waals surface area contributed by atoms with Crippen LogP contribution in [0.4, 0.5) is 4.39 Å². The Morgan fingerprint density at radius 3 is 2.86 bits per heavy atom. The Kier molecular flexibility index (Phi) is 3.78. The number of halogens is 2. The molecule has 2 aromatic rings. The molecule has 1 aromatic heterocycles. The molecule has 1 unspecified atom stereocenters. The molecule has 1 atom stereocenters.